The molecule has 0 saturated heterocycles. The van der Waals surface area contributed by atoms with Crippen molar-refractivity contribution in [2.75, 3.05) is 5.32 Å². The molecule has 26 heavy (non-hydrogen) atoms. The fraction of sp³-hybridized carbons (Fsp3) is 0.278. The summed E-state index contributed by atoms with van der Waals surface area (Å²) in [7, 11) is 0. The minimum Gasteiger partial charge on any atom is -0.460 e. The van der Waals surface area contributed by atoms with Gasteiger partial charge in [-0.1, -0.05) is 18.2 Å². The van der Waals surface area contributed by atoms with Crippen LogP contribution in [0, 0.1) is 10.6 Å². The van der Waals surface area contributed by atoms with Crippen molar-refractivity contribution < 1.29 is 13.9 Å². The van der Waals surface area contributed by atoms with Crippen LogP contribution in [0.5, 0.6) is 0 Å². The molecule has 0 unspecified atom stereocenters. The predicted molar refractivity (Wildman–Crippen MR) is 98.0 cm³/mol. The van der Waals surface area contributed by atoms with Crippen LogP contribution in [-0.2, 0) is 9.53 Å². The second-order valence-corrected chi connectivity index (χ2v) is 6.68. The van der Waals surface area contributed by atoms with Crippen molar-refractivity contribution in [3.8, 4) is 0 Å². The number of carbonyl (C=O) groups is 1. The van der Waals surface area contributed by atoms with E-state index in [1.807, 2.05) is 0 Å². The Morgan fingerprint density at radius 1 is 1.27 bits per heavy atom. The molecule has 0 saturated carbocycles. The maximum atomic E-state index is 14.6. The molecule has 3 rings (SSSR count). The van der Waals surface area contributed by atoms with Gasteiger partial charge in [-0.05, 0) is 39.1 Å². The normalized spacial score (nSPS) is 16.3. The van der Waals surface area contributed by atoms with Crippen LogP contribution >= 0.6 is 12.2 Å². The van der Waals surface area contributed by atoms with Crippen LogP contribution in [0.15, 0.2) is 40.3 Å². The van der Waals surface area contributed by atoms with Gasteiger partial charge in [0.15, 0.2) is 4.77 Å². The molecular formula is C18H18FN3O3S. The largest absolute Gasteiger partial charge is 0.460 e. The summed E-state index contributed by atoms with van der Waals surface area (Å²) in [4.78, 5) is 30.7. The van der Waals surface area contributed by atoms with Gasteiger partial charge in [-0.25, -0.2) is 9.18 Å². The Balaban J connectivity index is 2.30. The number of benzene rings is 1. The molecule has 0 bridgehead atoms. The number of allylic oxidation sites excluding steroid dienone is 1. The summed E-state index contributed by atoms with van der Waals surface area (Å²) in [6.45, 7) is 5.12. The van der Waals surface area contributed by atoms with E-state index in [0.29, 0.717) is 11.5 Å². The Kier molecular flexibility index (Phi) is 4.78. The van der Waals surface area contributed by atoms with Gasteiger partial charge in [0, 0.05) is 11.3 Å². The first-order valence-corrected chi connectivity index (χ1v) is 8.50. The SMILES string of the molecule is CC1=C(C(=O)OC(C)C)[C@@H](c2ccccc2F)c2c([nH]c(=S)[nH]c2=O)N1. The Morgan fingerprint density at radius 3 is 2.62 bits per heavy atom. The molecule has 1 atom stereocenters. The molecule has 1 aliphatic heterocycles. The summed E-state index contributed by atoms with van der Waals surface area (Å²) >= 11 is 5.01. The van der Waals surface area contributed by atoms with Crippen LogP contribution in [0.3, 0.4) is 0 Å². The number of H-pyrrole nitrogens is 2. The fourth-order valence-corrected chi connectivity index (χ4v) is 3.25. The first-order chi connectivity index (χ1) is 12.3. The molecule has 1 aliphatic rings. The van der Waals surface area contributed by atoms with Crippen LogP contribution in [0.4, 0.5) is 10.2 Å². The average Bonchev–Trinajstić information content (AvgIpc) is 2.52. The van der Waals surface area contributed by atoms with Gasteiger partial charge in [-0.2, -0.15) is 0 Å². The third kappa shape index (κ3) is 3.20. The van der Waals surface area contributed by atoms with E-state index >= 15 is 0 Å². The Labute approximate surface area is 154 Å². The van der Waals surface area contributed by atoms with Crippen molar-refractivity contribution in [1.29, 1.82) is 0 Å². The number of esters is 1. The number of carbonyl (C=O) groups excluding carboxylic acids is 1. The molecule has 0 fully saturated rings. The minimum absolute atomic E-state index is 0.134. The molecule has 0 amide bonds. The van der Waals surface area contributed by atoms with Crippen LogP contribution < -0.4 is 10.9 Å². The lowest BCUT2D eigenvalue weighted by molar-refractivity contribution is -0.143. The molecule has 1 aromatic carbocycles. The van der Waals surface area contributed by atoms with Crippen LogP contribution in [-0.4, -0.2) is 22.0 Å². The lowest BCUT2D eigenvalue weighted by Gasteiger charge is -2.29. The van der Waals surface area contributed by atoms with Gasteiger partial charge in [0.2, 0.25) is 0 Å². The maximum absolute atomic E-state index is 14.6. The zero-order chi connectivity index (χ0) is 19.0. The van der Waals surface area contributed by atoms with E-state index in [-0.39, 0.29) is 27.6 Å². The summed E-state index contributed by atoms with van der Waals surface area (Å²) in [6, 6.07) is 6.04. The van der Waals surface area contributed by atoms with E-state index in [2.05, 4.69) is 15.3 Å². The number of halogens is 1. The van der Waals surface area contributed by atoms with Gasteiger partial charge >= 0.3 is 5.97 Å². The van der Waals surface area contributed by atoms with E-state index in [4.69, 9.17) is 17.0 Å². The zero-order valence-electron chi connectivity index (χ0n) is 14.5. The summed E-state index contributed by atoms with van der Waals surface area (Å²) in [5.41, 5.74) is 0.554. The van der Waals surface area contributed by atoms with Crippen molar-refractivity contribution in [1.82, 2.24) is 9.97 Å². The lowest BCUT2D eigenvalue weighted by atomic mass is 9.82. The molecule has 6 nitrogen and oxygen atoms in total. The van der Waals surface area contributed by atoms with Gasteiger partial charge in [0.25, 0.3) is 5.56 Å². The number of aromatic amines is 2. The molecule has 136 valence electrons. The second-order valence-electron chi connectivity index (χ2n) is 6.27. The van der Waals surface area contributed by atoms with Crippen molar-refractivity contribution >= 4 is 24.0 Å². The molecule has 8 heteroatoms. The monoisotopic (exact) mass is 375 g/mol. The third-order valence-electron chi connectivity index (χ3n) is 4.05. The fourth-order valence-electron chi connectivity index (χ4n) is 3.05. The Bertz CT molecular complexity index is 1020. The van der Waals surface area contributed by atoms with E-state index in [9.17, 15) is 14.0 Å². The molecule has 2 heterocycles. The summed E-state index contributed by atoms with van der Waals surface area (Å²) < 4.78 is 20.0. The van der Waals surface area contributed by atoms with Crippen molar-refractivity contribution in [3.63, 3.8) is 0 Å². The number of fused-ring (bicyclic) bond motifs is 1. The number of hydrogen-bond acceptors (Lipinski definition) is 5. The van der Waals surface area contributed by atoms with E-state index in [1.165, 1.54) is 6.07 Å². The summed E-state index contributed by atoms with van der Waals surface area (Å²) in [5, 5.41) is 2.98. The molecule has 0 spiro atoms. The smallest absolute Gasteiger partial charge is 0.337 e. The van der Waals surface area contributed by atoms with Gasteiger partial charge in [0.05, 0.1) is 23.2 Å². The zero-order valence-corrected chi connectivity index (χ0v) is 15.3. The predicted octanol–water partition coefficient (Wildman–Crippen LogP) is 3.35. The topological polar surface area (TPSA) is 87.0 Å². The van der Waals surface area contributed by atoms with Crippen molar-refractivity contribution in [3.05, 3.63) is 67.6 Å². The van der Waals surface area contributed by atoms with Crippen molar-refractivity contribution in [2.24, 2.45) is 0 Å². The van der Waals surface area contributed by atoms with E-state index in [0.717, 1.165) is 0 Å². The highest BCUT2D eigenvalue weighted by Crippen LogP contribution is 2.40. The molecule has 3 N–H and O–H groups in total. The first kappa shape index (κ1) is 18.1. The molecule has 0 radical (unpaired) electrons. The summed E-state index contributed by atoms with van der Waals surface area (Å²) in [6.07, 6.45) is -0.356. The minimum atomic E-state index is -0.922. The van der Waals surface area contributed by atoms with Gasteiger partial charge in [-0.3, -0.25) is 9.78 Å². The average molecular weight is 375 g/mol. The number of rotatable bonds is 3. The molecule has 2 aromatic rings. The van der Waals surface area contributed by atoms with Crippen LogP contribution in [0.25, 0.3) is 0 Å². The number of anilines is 1. The standard InChI is InChI=1S/C18H18FN3O3S/c1-8(2)25-17(24)12-9(3)20-15-14(16(23)22-18(26)21-15)13(12)10-6-4-5-7-11(10)19/h4-8,13H,1-3H3,(H3,20,21,22,23,26)/t13-/m1/s1. The van der Waals surface area contributed by atoms with Crippen LogP contribution in [0.2, 0.25) is 0 Å². The highest BCUT2D eigenvalue weighted by molar-refractivity contribution is 7.71. The maximum Gasteiger partial charge on any atom is 0.337 e. The number of aromatic nitrogens is 2. The molecule has 0 aliphatic carbocycles. The number of hydrogen-bond donors (Lipinski definition) is 3. The van der Waals surface area contributed by atoms with Gasteiger partial charge in [-0.15, -0.1) is 0 Å². The Hall–Kier alpha value is -2.74. The number of ether oxygens (including phenoxy) is 1. The van der Waals surface area contributed by atoms with Gasteiger partial charge in [0.1, 0.15) is 11.6 Å². The lowest BCUT2D eigenvalue weighted by Crippen LogP contribution is -2.32. The first-order valence-electron chi connectivity index (χ1n) is 8.09. The van der Waals surface area contributed by atoms with Crippen LogP contribution in [0.1, 0.15) is 37.8 Å². The second kappa shape index (κ2) is 6.87. The quantitative estimate of drug-likeness (QED) is 0.566. The highest BCUT2D eigenvalue weighted by Gasteiger charge is 2.37. The number of nitrogens with one attached hydrogen (secondary N) is 3. The molecular weight excluding hydrogens is 357 g/mol. The van der Waals surface area contributed by atoms with Gasteiger partial charge < -0.3 is 15.0 Å². The van der Waals surface area contributed by atoms with Crippen molar-refractivity contribution in [2.45, 2.75) is 32.8 Å². The summed E-state index contributed by atoms with van der Waals surface area (Å²) in [5.74, 6) is -1.71. The highest BCUT2D eigenvalue weighted by atomic mass is 32.1. The van der Waals surface area contributed by atoms with E-state index < -0.39 is 23.3 Å². The van der Waals surface area contributed by atoms with E-state index in [1.54, 1.807) is 39.0 Å². The Morgan fingerprint density at radius 2 is 1.96 bits per heavy atom. The third-order valence-corrected chi connectivity index (χ3v) is 4.26. The molecule has 1 aromatic heterocycles.